The first kappa shape index (κ1) is 17.9. The maximum Gasteiger partial charge on any atom is 0.274 e. The van der Waals surface area contributed by atoms with Crippen molar-refractivity contribution >= 4 is 22.2 Å². The lowest BCUT2D eigenvalue weighted by atomic mass is 10.1. The van der Waals surface area contributed by atoms with Crippen molar-refractivity contribution in [1.29, 1.82) is 0 Å². The highest BCUT2D eigenvalue weighted by Gasteiger charge is 2.26. The Morgan fingerprint density at radius 2 is 2.15 bits per heavy atom. The monoisotopic (exact) mass is 377 g/mol. The van der Waals surface area contributed by atoms with Crippen LogP contribution in [0.4, 0.5) is 0 Å². The number of thiazole rings is 1. The summed E-state index contributed by atoms with van der Waals surface area (Å²) in [4.78, 5) is 22.5. The number of β-amino-alcohol motifs (C(OH)–C–C–N with tert-alkyl or cyclic N) is 1. The van der Waals surface area contributed by atoms with E-state index in [0.717, 1.165) is 75.6 Å². The van der Waals surface area contributed by atoms with Gasteiger partial charge in [-0.05, 0) is 32.2 Å². The first-order valence-electron chi connectivity index (χ1n) is 9.57. The van der Waals surface area contributed by atoms with Crippen LogP contribution in [0.5, 0.6) is 0 Å². The Labute approximate surface area is 157 Å². The maximum atomic E-state index is 12.8. The lowest BCUT2D eigenvalue weighted by Gasteiger charge is -2.29. The van der Waals surface area contributed by atoms with Gasteiger partial charge in [0.25, 0.3) is 5.91 Å². The van der Waals surface area contributed by atoms with Gasteiger partial charge in [0.15, 0.2) is 10.7 Å². The van der Waals surface area contributed by atoms with Crippen LogP contribution < -0.4 is 5.32 Å². The molecule has 142 valence electrons. The van der Waals surface area contributed by atoms with Gasteiger partial charge in [-0.1, -0.05) is 0 Å². The smallest absolute Gasteiger partial charge is 0.274 e. The number of nitrogens with zero attached hydrogens (tertiary/aromatic N) is 4. The van der Waals surface area contributed by atoms with Gasteiger partial charge in [-0.25, -0.2) is 4.98 Å². The number of fused-ring (bicyclic) bond motifs is 1. The molecule has 2 aromatic rings. The molecule has 2 aliphatic heterocycles. The van der Waals surface area contributed by atoms with Crippen LogP contribution in [-0.2, 0) is 6.54 Å². The fourth-order valence-corrected chi connectivity index (χ4v) is 4.65. The van der Waals surface area contributed by atoms with Gasteiger partial charge >= 0.3 is 0 Å². The van der Waals surface area contributed by atoms with Crippen LogP contribution in [0.3, 0.4) is 0 Å². The summed E-state index contributed by atoms with van der Waals surface area (Å²) in [5.74, 6) is 0.0642. The van der Waals surface area contributed by atoms with Crippen molar-refractivity contribution in [3.05, 3.63) is 23.0 Å². The third kappa shape index (κ3) is 3.78. The number of rotatable bonds is 6. The van der Waals surface area contributed by atoms with Gasteiger partial charge in [0.05, 0.1) is 11.8 Å². The number of amides is 1. The predicted molar refractivity (Wildman–Crippen MR) is 102 cm³/mol. The van der Waals surface area contributed by atoms with Gasteiger partial charge in [-0.15, -0.1) is 11.3 Å². The number of hydrogen-bond acceptors (Lipinski definition) is 6. The molecule has 2 saturated heterocycles. The minimum atomic E-state index is -0.186. The molecule has 1 atom stereocenters. The molecule has 2 fully saturated rings. The van der Waals surface area contributed by atoms with Crippen LogP contribution in [-0.4, -0.2) is 75.6 Å². The number of carbonyl (C=O) groups excluding carboxylic acids is 1. The van der Waals surface area contributed by atoms with Crippen molar-refractivity contribution in [2.45, 2.75) is 38.3 Å². The summed E-state index contributed by atoms with van der Waals surface area (Å²) in [5.41, 5.74) is 1.55. The SMILES string of the molecule is O=C(c1nc2sccn2c1CNCCN1CCC[C@H](O)C1)N1CCCC1. The number of aliphatic hydroxyl groups is 1. The number of hydrogen-bond donors (Lipinski definition) is 2. The molecule has 2 N–H and O–H groups in total. The normalized spacial score (nSPS) is 21.7. The number of carbonyl (C=O) groups is 1. The third-order valence-electron chi connectivity index (χ3n) is 5.33. The minimum Gasteiger partial charge on any atom is -0.392 e. The highest BCUT2D eigenvalue weighted by molar-refractivity contribution is 7.15. The topological polar surface area (TPSA) is 73.1 Å². The van der Waals surface area contributed by atoms with E-state index in [0.29, 0.717) is 12.2 Å². The van der Waals surface area contributed by atoms with Crippen LogP contribution in [0.15, 0.2) is 11.6 Å². The molecule has 0 aromatic carbocycles. The third-order valence-corrected chi connectivity index (χ3v) is 6.09. The van der Waals surface area contributed by atoms with E-state index in [1.807, 2.05) is 20.9 Å². The van der Waals surface area contributed by atoms with Crippen molar-refractivity contribution in [3.8, 4) is 0 Å². The molecule has 8 heteroatoms. The first-order valence-corrected chi connectivity index (χ1v) is 10.4. The van der Waals surface area contributed by atoms with Crippen molar-refractivity contribution in [3.63, 3.8) is 0 Å². The largest absolute Gasteiger partial charge is 0.392 e. The Kier molecular flexibility index (Phi) is 5.54. The second-order valence-corrected chi connectivity index (χ2v) is 8.11. The first-order chi connectivity index (χ1) is 12.7. The van der Waals surface area contributed by atoms with Gasteiger partial charge < -0.3 is 15.3 Å². The molecule has 0 aliphatic carbocycles. The summed E-state index contributed by atoms with van der Waals surface area (Å²) in [5, 5.41) is 15.2. The van der Waals surface area contributed by atoms with E-state index in [9.17, 15) is 9.90 Å². The van der Waals surface area contributed by atoms with Crippen molar-refractivity contribution in [1.82, 2.24) is 24.5 Å². The van der Waals surface area contributed by atoms with E-state index < -0.39 is 0 Å². The summed E-state index contributed by atoms with van der Waals surface area (Å²) in [6.45, 7) is 5.88. The Bertz CT molecular complexity index is 752. The number of imidazole rings is 1. The Balaban J connectivity index is 1.39. The molecule has 0 spiro atoms. The summed E-state index contributed by atoms with van der Waals surface area (Å²) in [6.07, 6.45) is 5.96. The highest BCUT2D eigenvalue weighted by atomic mass is 32.1. The van der Waals surface area contributed by atoms with Crippen molar-refractivity contribution in [2.75, 3.05) is 39.3 Å². The van der Waals surface area contributed by atoms with E-state index in [1.165, 1.54) is 0 Å². The quantitative estimate of drug-likeness (QED) is 0.740. The van der Waals surface area contributed by atoms with Crippen LogP contribution in [0.1, 0.15) is 41.9 Å². The van der Waals surface area contributed by atoms with E-state index in [1.54, 1.807) is 11.3 Å². The molecule has 2 aliphatic rings. The molecule has 26 heavy (non-hydrogen) atoms. The zero-order valence-corrected chi connectivity index (χ0v) is 15.9. The fourth-order valence-electron chi connectivity index (χ4n) is 3.92. The number of piperidine rings is 1. The Hall–Kier alpha value is -1.48. The molecular weight excluding hydrogens is 350 g/mol. The van der Waals surface area contributed by atoms with Crippen molar-refractivity contribution in [2.24, 2.45) is 0 Å². The van der Waals surface area contributed by atoms with Gasteiger partial charge in [0, 0.05) is 50.8 Å². The van der Waals surface area contributed by atoms with Gasteiger partial charge in [0.2, 0.25) is 0 Å². The molecule has 4 rings (SSSR count). The van der Waals surface area contributed by atoms with Crippen LogP contribution in [0.2, 0.25) is 0 Å². The fraction of sp³-hybridized carbons (Fsp3) is 0.667. The zero-order chi connectivity index (χ0) is 17.9. The van der Waals surface area contributed by atoms with E-state index in [-0.39, 0.29) is 12.0 Å². The van der Waals surface area contributed by atoms with Crippen LogP contribution >= 0.6 is 11.3 Å². The molecule has 0 radical (unpaired) electrons. The summed E-state index contributed by atoms with van der Waals surface area (Å²) in [6, 6.07) is 0. The van der Waals surface area contributed by atoms with Gasteiger partial charge in [-0.3, -0.25) is 14.1 Å². The number of likely N-dealkylation sites (tertiary alicyclic amines) is 2. The Morgan fingerprint density at radius 1 is 1.31 bits per heavy atom. The van der Waals surface area contributed by atoms with E-state index in [4.69, 9.17) is 0 Å². The van der Waals surface area contributed by atoms with Crippen LogP contribution in [0.25, 0.3) is 4.96 Å². The minimum absolute atomic E-state index is 0.0642. The number of nitrogens with one attached hydrogen (secondary N) is 1. The van der Waals surface area contributed by atoms with Crippen LogP contribution in [0, 0.1) is 0 Å². The van der Waals surface area contributed by atoms with E-state index in [2.05, 4.69) is 15.2 Å². The summed E-state index contributed by atoms with van der Waals surface area (Å²) in [7, 11) is 0. The lowest BCUT2D eigenvalue weighted by Crippen LogP contribution is -2.41. The molecule has 0 unspecified atom stereocenters. The molecule has 4 heterocycles. The molecular formula is C18H27N5O2S. The molecule has 1 amide bonds. The van der Waals surface area contributed by atoms with E-state index >= 15 is 0 Å². The average Bonchev–Trinajstić information content (AvgIpc) is 3.36. The standard InChI is InChI=1S/C18H27N5O2S/c24-14-4-3-6-21(13-14)9-5-19-12-15-16(17(25)22-7-1-2-8-22)20-18-23(15)10-11-26-18/h10-11,14,19,24H,1-9,12-13H2/t14-/m0/s1. The molecule has 2 aromatic heterocycles. The summed E-state index contributed by atoms with van der Waals surface area (Å²) >= 11 is 1.56. The summed E-state index contributed by atoms with van der Waals surface area (Å²) < 4.78 is 2.03. The molecule has 0 saturated carbocycles. The average molecular weight is 378 g/mol. The molecule has 7 nitrogen and oxygen atoms in total. The number of aliphatic hydroxyl groups excluding tert-OH is 1. The van der Waals surface area contributed by atoms with Crippen molar-refractivity contribution < 1.29 is 9.90 Å². The number of aromatic nitrogens is 2. The predicted octanol–water partition coefficient (Wildman–Crippen LogP) is 1.18. The molecule has 0 bridgehead atoms. The second-order valence-electron chi connectivity index (χ2n) is 7.24. The second kappa shape index (κ2) is 8.04. The van der Waals surface area contributed by atoms with Gasteiger partial charge in [0.1, 0.15) is 0 Å². The maximum absolute atomic E-state index is 12.8. The van der Waals surface area contributed by atoms with Gasteiger partial charge in [-0.2, -0.15) is 0 Å². The zero-order valence-electron chi connectivity index (χ0n) is 15.1. The Morgan fingerprint density at radius 3 is 2.96 bits per heavy atom. The lowest BCUT2D eigenvalue weighted by molar-refractivity contribution is 0.0711. The highest BCUT2D eigenvalue weighted by Crippen LogP contribution is 2.21.